The fraction of sp³-hybridized carbons (Fsp3) is 0.158. The van der Waals surface area contributed by atoms with E-state index in [1.807, 2.05) is 43.3 Å². The molecule has 0 N–H and O–H groups in total. The van der Waals surface area contributed by atoms with E-state index in [-0.39, 0.29) is 18.0 Å². The molecule has 0 aromatic heterocycles. The number of benzene rings is 2. The first kappa shape index (κ1) is 15.0. The van der Waals surface area contributed by atoms with Gasteiger partial charge >= 0.3 is 11.9 Å². The fourth-order valence-corrected chi connectivity index (χ4v) is 2.63. The van der Waals surface area contributed by atoms with Gasteiger partial charge in [0.25, 0.3) is 0 Å². The average Bonchev–Trinajstić information content (AvgIpc) is 2.58. The first-order valence-electron chi connectivity index (χ1n) is 7.30. The van der Waals surface area contributed by atoms with Crippen LogP contribution in [0.1, 0.15) is 38.8 Å². The van der Waals surface area contributed by atoms with Crippen LogP contribution in [0, 0.1) is 0 Å². The summed E-state index contributed by atoms with van der Waals surface area (Å²) in [6.07, 6.45) is 1.65. The van der Waals surface area contributed by atoms with E-state index in [1.54, 1.807) is 18.2 Å². The normalized spacial score (nSPS) is 18.3. The Bertz CT molecular complexity index is 787. The Morgan fingerprint density at radius 1 is 1.09 bits per heavy atom. The second-order valence-electron chi connectivity index (χ2n) is 5.31. The van der Waals surface area contributed by atoms with Crippen LogP contribution in [0.15, 0.2) is 48.5 Å². The topological polar surface area (TPSA) is 52.6 Å². The summed E-state index contributed by atoms with van der Waals surface area (Å²) in [5.41, 5.74) is 3.81. The maximum atomic E-state index is 11.9. The zero-order valence-electron chi connectivity index (χ0n) is 12.9. The number of rotatable bonds is 2. The molecular weight excluding hydrogens is 292 g/mol. The molecule has 2 aromatic rings. The highest BCUT2D eigenvalue weighted by Gasteiger charge is 2.27. The van der Waals surface area contributed by atoms with Gasteiger partial charge < -0.3 is 9.47 Å². The first-order chi connectivity index (χ1) is 11.1. The molecule has 0 bridgehead atoms. The number of hydrogen-bond donors (Lipinski definition) is 0. The van der Waals surface area contributed by atoms with E-state index in [9.17, 15) is 9.59 Å². The Morgan fingerprint density at radius 3 is 2.39 bits per heavy atom. The van der Waals surface area contributed by atoms with E-state index in [4.69, 9.17) is 4.74 Å². The third-order valence-electron chi connectivity index (χ3n) is 3.83. The van der Waals surface area contributed by atoms with Gasteiger partial charge in [-0.25, -0.2) is 9.59 Å². The number of esters is 2. The summed E-state index contributed by atoms with van der Waals surface area (Å²) in [4.78, 5) is 23.4. The van der Waals surface area contributed by atoms with Gasteiger partial charge in [0.1, 0.15) is 6.10 Å². The highest BCUT2D eigenvalue weighted by atomic mass is 16.5. The van der Waals surface area contributed by atoms with Gasteiger partial charge in [0.05, 0.1) is 18.2 Å². The molecule has 1 aliphatic heterocycles. The van der Waals surface area contributed by atoms with Crippen molar-refractivity contribution in [3.05, 3.63) is 70.8 Å². The predicted molar refractivity (Wildman–Crippen MR) is 87.0 cm³/mol. The van der Waals surface area contributed by atoms with Crippen molar-refractivity contribution in [2.45, 2.75) is 13.0 Å². The van der Waals surface area contributed by atoms with E-state index in [0.717, 1.165) is 16.7 Å². The van der Waals surface area contributed by atoms with Crippen LogP contribution < -0.4 is 0 Å². The quantitative estimate of drug-likeness (QED) is 0.796. The Kier molecular flexibility index (Phi) is 3.98. The Balaban J connectivity index is 2.00. The van der Waals surface area contributed by atoms with Crippen molar-refractivity contribution < 1.29 is 19.1 Å². The van der Waals surface area contributed by atoms with Crippen molar-refractivity contribution in [2.75, 3.05) is 7.11 Å². The van der Waals surface area contributed by atoms with E-state index in [0.29, 0.717) is 11.1 Å². The van der Waals surface area contributed by atoms with Crippen LogP contribution in [0.4, 0.5) is 0 Å². The van der Waals surface area contributed by atoms with E-state index >= 15 is 0 Å². The number of fused-ring (bicyclic) bond motifs is 1. The van der Waals surface area contributed by atoms with Crippen LogP contribution in [-0.2, 0) is 9.47 Å². The third-order valence-corrected chi connectivity index (χ3v) is 3.83. The lowest BCUT2D eigenvalue weighted by Crippen LogP contribution is -2.24. The molecule has 1 atom stereocenters. The molecule has 0 aliphatic carbocycles. The zero-order valence-corrected chi connectivity index (χ0v) is 12.9. The zero-order chi connectivity index (χ0) is 16.4. The summed E-state index contributed by atoms with van der Waals surface area (Å²) in [7, 11) is 1.35. The molecule has 1 aliphatic rings. The molecule has 0 unspecified atom stereocenters. The standard InChI is InChI=1S/C19H16O4/c1-12-17(15-5-3-4-6-16(15)19(21)23-12)11-13-7-9-14(10-8-13)18(20)22-2/h3-12H,1-2H3/b17-11+/t12-/m1/s1. The van der Waals surface area contributed by atoms with E-state index in [1.165, 1.54) is 7.11 Å². The van der Waals surface area contributed by atoms with Crippen molar-refractivity contribution in [1.82, 2.24) is 0 Å². The number of carbonyl (C=O) groups is 2. The van der Waals surface area contributed by atoms with Crippen LogP contribution >= 0.6 is 0 Å². The Hall–Kier alpha value is -2.88. The van der Waals surface area contributed by atoms with Gasteiger partial charge in [-0.05, 0) is 42.3 Å². The van der Waals surface area contributed by atoms with Gasteiger partial charge in [0.2, 0.25) is 0 Å². The minimum Gasteiger partial charge on any atom is -0.465 e. The van der Waals surface area contributed by atoms with Gasteiger partial charge in [0.15, 0.2) is 0 Å². The lowest BCUT2D eigenvalue weighted by atomic mass is 9.92. The molecule has 1 heterocycles. The van der Waals surface area contributed by atoms with E-state index < -0.39 is 0 Å². The Morgan fingerprint density at radius 2 is 1.74 bits per heavy atom. The van der Waals surface area contributed by atoms with E-state index in [2.05, 4.69) is 4.74 Å². The number of methoxy groups -OCH3 is 1. The van der Waals surface area contributed by atoms with Crippen molar-refractivity contribution in [3.63, 3.8) is 0 Å². The first-order valence-corrected chi connectivity index (χ1v) is 7.30. The summed E-state index contributed by atoms with van der Waals surface area (Å²) in [5, 5.41) is 0. The SMILES string of the molecule is COC(=O)c1ccc(/C=C2/c3ccccc3C(=O)O[C@@H]2C)cc1. The van der Waals surface area contributed by atoms with Crippen LogP contribution in [0.25, 0.3) is 11.6 Å². The maximum absolute atomic E-state index is 11.9. The van der Waals surface area contributed by atoms with Crippen molar-refractivity contribution >= 4 is 23.6 Å². The largest absolute Gasteiger partial charge is 0.465 e. The number of cyclic esters (lactones) is 1. The molecule has 0 saturated carbocycles. The van der Waals surface area contributed by atoms with Crippen LogP contribution in [0.5, 0.6) is 0 Å². The fourth-order valence-electron chi connectivity index (χ4n) is 2.63. The smallest absolute Gasteiger partial charge is 0.339 e. The summed E-state index contributed by atoms with van der Waals surface area (Å²) >= 11 is 0. The van der Waals surface area contributed by atoms with Gasteiger partial charge in [-0.2, -0.15) is 0 Å². The molecule has 0 spiro atoms. The summed E-state index contributed by atoms with van der Waals surface area (Å²) < 4.78 is 10.1. The van der Waals surface area contributed by atoms with Gasteiger partial charge in [-0.15, -0.1) is 0 Å². The number of ether oxygens (including phenoxy) is 2. The molecular formula is C19H16O4. The summed E-state index contributed by atoms with van der Waals surface area (Å²) in [6, 6.07) is 14.5. The molecule has 116 valence electrons. The average molecular weight is 308 g/mol. The molecule has 3 rings (SSSR count). The number of carbonyl (C=O) groups excluding carboxylic acids is 2. The summed E-state index contributed by atoms with van der Waals surface area (Å²) in [5.74, 6) is -0.666. The van der Waals surface area contributed by atoms with Crippen LogP contribution in [0.2, 0.25) is 0 Å². The molecule has 23 heavy (non-hydrogen) atoms. The molecule has 2 aromatic carbocycles. The van der Waals surface area contributed by atoms with Crippen molar-refractivity contribution in [2.24, 2.45) is 0 Å². The second kappa shape index (κ2) is 6.08. The molecule has 0 fully saturated rings. The minimum atomic E-state index is -0.366. The molecule has 4 nitrogen and oxygen atoms in total. The highest BCUT2D eigenvalue weighted by Crippen LogP contribution is 2.32. The third kappa shape index (κ3) is 2.88. The highest BCUT2D eigenvalue weighted by molar-refractivity contribution is 6.02. The van der Waals surface area contributed by atoms with Gasteiger partial charge in [0, 0.05) is 5.57 Å². The van der Waals surface area contributed by atoms with Crippen molar-refractivity contribution in [1.29, 1.82) is 0 Å². The summed E-state index contributed by atoms with van der Waals surface area (Å²) in [6.45, 7) is 1.85. The monoisotopic (exact) mass is 308 g/mol. The van der Waals surface area contributed by atoms with Crippen LogP contribution in [0.3, 0.4) is 0 Å². The van der Waals surface area contributed by atoms with Crippen LogP contribution in [-0.4, -0.2) is 25.2 Å². The minimum absolute atomic E-state index is 0.300. The predicted octanol–water partition coefficient (Wildman–Crippen LogP) is 3.57. The molecule has 4 heteroatoms. The van der Waals surface area contributed by atoms with Crippen molar-refractivity contribution in [3.8, 4) is 0 Å². The lowest BCUT2D eigenvalue weighted by Gasteiger charge is -2.25. The van der Waals surface area contributed by atoms with Gasteiger partial charge in [-0.1, -0.05) is 30.3 Å². The number of hydrogen-bond acceptors (Lipinski definition) is 4. The molecule has 0 radical (unpaired) electrons. The Labute approximate surface area is 134 Å². The molecule has 0 amide bonds. The second-order valence-corrected chi connectivity index (χ2v) is 5.31. The van der Waals surface area contributed by atoms with Gasteiger partial charge in [-0.3, -0.25) is 0 Å². The lowest BCUT2D eigenvalue weighted by molar-refractivity contribution is 0.0420. The maximum Gasteiger partial charge on any atom is 0.339 e. The molecule has 0 saturated heterocycles.